The van der Waals surface area contributed by atoms with Gasteiger partial charge in [0.2, 0.25) is 5.91 Å². The van der Waals surface area contributed by atoms with Crippen LogP contribution in [0.15, 0.2) is 36.4 Å². The van der Waals surface area contributed by atoms with Crippen LogP contribution >= 0.6 is 23.2 Å². The highest BCUT2D eigenvalue weighted by Crippen LogP contribution is 2.35. The van der Waals surface area contributed by atoms with Gasteiger partial charge in [-0.1, -0.05) is 41.8 Å². The number of hydrogen-bond acceptors (Lipinski definition) is 4. The predicted molar refractivity (Wildman–Crippen MR) is 122 cm³/mol. The van der Waals surface area contributed by atoms with E-state index in [1.54, 1.807) is 12.1 Å². The first-order chi connectivity index (χ1) is 15.0. The Bertz CT molecular complexity index is 948. The van der Waals surface area contributed by atoms with Crippen LogP contribution < -0.4 is 0 Å². The third kappa shape index (κ3) is 4.74. The third-order valence-corrected chi connectivity index (χ3v) is 6.87. The van der Waals surface area contributed by atoms with Crippen LogP contribution in [0.1, 0.15) is 41.6 Å². The summed E-state index contributed by atoms with van der Waals surface area (Å²) in [5.41, 5.74) is 3.06. The summed E-state index contributed by atoms with van der Waals surface area (Å²) in [6, 6.07) is 10.8. The molecule has 2 aromatic carbocycles. The van der Waals surface area contributed by atoms with Crippen LogP contribution in [-0.2, 0) is 16.0 Å². The van der Waals surface area contributed by atoms with Crippen molar-refractivity contribution in [1.82, 2.24) is 10.0 Å². The van der Waals surface area contributed by atoms with Gasteiger partial charge in [0.05, 0.1) is 12.7 Å². The molecule has 1 unspecified atom stereocenters. The second-order valence-corrected chi connectivity index (χ2v) is 8.97. The zero-order valence-corrected chi connectivity index (χ0v) is 19.1. The first-order valence-electron chi connectivity index (χ1n) is 10.7. The minimum absolute atomic E-state index is 0.0953. The largest absolute Gasteiger partial charge is 0.465 e. The molecule has 1 amide bonds. The summed E-state index contributed by atoms with van der Waals surface area (Å²) < 4.78 is 4.74. The molecule has 164 valence electrons. The average Bonchev–Trinajstić information content (AvgIpc) is 3.16. The molecule has 7 heteroatoms. The number of ether oxygens (including phenoxy) is 1. The lowest BCUT2D eigenvalue weighted by Crippen LogP contribution is -2.47. The molecule has 0 aromatic heterocycles. The van der Waals surface area contributed by atoms with Gasteiger partial charge >= 0.3 is 5.97 Å². The Morgan fingerprint density at radius 2 is 1.65 bits per heavy atom. The molecular weight excluding hydrogens is 435 g/mol. The highest BCUT2D eigenvalue weighted by Gasteiger charge is 2.36. The van der Waals surface area contributed by atoms with Crippen LogP contribution in [0.3, 0.4) is 0 Å². The number of carbonyl (C=O) groups is 2. The van der Waals surface area contributed by atoms with Crippen molar-refractivity contribution in [3.05, 3.63) is 57.6 Å². The highest BCUT2D eigenvalue weighted by atomic mass is 35.5. The Morgan fingerprint density at radius 3 is 2.26 bits per heavy atom. The van der Waals surface area contributed by atoms with Gasteiger partial charge in [0, 0.05) is 35.6 Å². The van der Waals surface area contributed by atoms with Gasteiger partial charge in [0.1, 0.15) is 0 Å². The minimum Gasteiger partial charge on any atom is -0.465 e. The van der Waals surface area contributed by atoms with Gasteiger partial charge in [-0.25, -0.2) is 9.80 Å². The Kier molecular flexibility index (Phi) is 6.85. The van der Waals surface area contributed by atoms with E-state index in [-0.39, 0.29) is 17.8 Å². The van der Waals surface area contributed by atoms with Crippen molar-refractivity contribution < 1.29 is 14.3 Å². The first-order valence-corrected chi connectivity index (χ1v) is 11.5. The van der Waals surface area contributed by atoms with E-state index in [2.05, 4.69) is 5.01 Å². The van der Waals surface area contributed by atoms with Gasteiger partial charge in [0.25, 0.3) is 0 Å². The quantitative estimate of drug-likeness (QED) is 0.572. The molecule has 0 saturated carbocycles. The standard InChI is InChI=1S/C24H26Cl2N2O3/c1-31-24(30)17-7-5-16(6-8-17)19-14-21(25)20(22(26)15-19)13-18-9-12-28(23(18)29)27-10-3-2-4-11-27/h5-8,14-15,18H,2-4,9-13H2,1H3. The summed E-state index contributed by atoms with van der Waals surface area (Å²) in [6.45, 7) is 2.69. The molecule has 0 radical (unpaired) electrons. The van der Waals surface area contributed by atoms with E-state index in [9.17, 15) is 9.59 Å². The van der Waals surface area contributed by atoms with Crippen LogP contribution in [-0.4, -0.2) is 48.6 Å². The molecule has 2 saturated heterocycles. The Hall–Kier alpha value is -2.08. The zero-order chi connectivity index (χ0) is 22.0. The molecule has 2 aromatic rings. The fourth-order valence-electron chi connectivity index (χ4n) is 4.44. The number of carbonyl (C=O) groups excluding carboxylic acids is 2. The lowest BCUT2D eigenvalue weighted by atomic mass is 9.95. The number of hydrazine groups is 1. The molecular formula is C24H26Cl2N2O3. The van der Waals surface area contributed by atoms with Gasteiger partial charge in [-0.2, -0.15) is 0 Å². The van der Waals surface area contributed by atoms with E-state index in [4.69, 9.17) is 27.9 Å². The molecule has 0 N–H and O–H groups in total. The van der Waals surface area contributed by atoms with Crippen LogP contribution in [0.4, 0.5) is 0 Å². The summed E-state index contributed by atoms with van der Waals surface area (Å²) in [6.07, 6.45) is 4.90. The second kappa shape index (κ2) is 9.60. The number of methoxy groups -OCH3 is 1. The lowest BCUT2D eigenvalue weighted by molar-refractivity contribution is -0.147. The van der Waals surface area contributed by atoms with E-state index in [0.717, 1.165) is 55.6 Å². The van der Waals surface area contributed by atoms with E-state index < -0.39 is 0 Å². The van der Waals surface area contributed by atoms with Gasteiger partial charge in [-0.05, 0) is 66.6 Å². The van der Waals surface area contributed by atoms with Crippen molar-refractivity contribution in [2.45, 2.75) is 32.1 Å². The number of esters is 1. The van der Waals surface area contributed by atoms with E-state index in [1.807, 2.05) is 29.3 Å². The summed E-state index contributed by atoms with van der Waals surface area (Å²) in [4.78, 5) is 24.6. The number of nitrogens with zero attached hydrogens (tertiary/aromatic N) is 2. The summed E-state index contributed by atoms with van der Waals surface area (Å²) >= 11 is 13.2. The van der Waals surface area contributed by atoms with Gasteiger partial charge in [-0.3, -0.25) is 9.80 Å². The summed E-state index contributed by atoms with van der Waals surface area (Å²) in [7, 11) is 1.36. The predicted octanol–water partition coefficient (Wildman–Crippen LogP) is 5.24. The van der Waals surface area contributed by atoms with Crippen molar-refractivity contribution in [2.24, 2.45) is 5.92 Å². The molecule has 0 spiro atoms. The molecule has 2 heterocycles. The Labute approximate surface area is 192 Å². The van der Waals surface area contributed by atoms with Crippen molar-refractivity contribution >= 4 is 35.1 Å². The maximum Gasteiger partial charge on any atom is 0.337 e. The van der Waals surface area contributed by atoms with Gasteiger partial charge < -0.3 is 4.74 Å². The van der Waals surface area contributed by atoms with Crippen molar-refractivity contribution in [3.8, 4) is 11.1 Å². The normalized spacial score (nSPS) is 19.6. The summed E-state index contributed by atoms with van der Waals surface area (Å²) in [5, 5.41) is 5.26. The van der Waals surface area contributed by atoms with Crippen LogP contribution in [0.2, 0.25) is 10.0 Å². The second-order valence-electron chi connectivity index (χ2n) is 8.15. The Morgan fingerprint density at radius 1 is 1.00 bits per heavy atom. The number of benzene rings is 2. The number of rotatable bonds is 5. The topological polar surface area (TPSA) is 49.9 Å². The number of piperidine rings is 1. The summed E-state index contributed by atoms with van der Waals surface area (Å²) in [5.74, 6) is -0.295. The van der Waals surface area contributed by atoms with Crippen LogP contribution in [0.25, 0.3) is 11.1 Å². The molecule has 1 atom stereocenters. The third-order valence-electron chi connectivity index (χ3n) is 6.20. The van der Waals surface area contributed by atoms with Crippen molar-refractivity contribution in [3.63, 3.8) is 0 Å². The van der Waals surface area contributed by atoms with Gasteiger partial charge in [-0.15, -0.1) is 0 Å². The van der Waals surface area contributed by atoms with Gasteiger partial charge in [0.15, 0.2) is 0 Å². The highest BCUT2D eigenvalue weighted by molar-refractivity contribution is 6.36. The fraction of sp³-hybridized carbons (Fsp3) is 0.417. The minimum atomic E-state index is -0.377. The molecule has 5 nitrogen and oxygen atoms in total. The molecule has 2 fully saturated rings. The Balaban J connectivity index is 1.49. The molecule has 2 aliphatic rings. The smallest absolute Gasteiger partial charge is 0.337 e. The van der Waals surface area contributed by atoms with E-state index in [0.29, 0.717) is 22.0 Å². The fourth-order valence-corrected chi connectivity index (χ4v) is 5.08. The van der Waals surface area contributed by atoms with E-state index in [1.165, 1.54) is 13.5 Å². The van der Waals surface area contributed by atoms with Crippen molar-refractivity contribution in [1.29, 1.82) is 0 Å². The average molecular weight is 461 g/mol. The SMILES string of the molecule is COC(=O)c1ccc(-c2cc(Cl)c(CC3CCN(N4CCCCC4)C3=O)c(Cl)c2)cc1. The molecule has 4 rings (SSSR count). The number of hydrogen-bond donors (Lipinski definition) is 0. The first kappa shape index (κ1) is 22.1. The van der Waals surface area contributed by atoms with Crippen LogP contribution in [0.5, 0.6) is 0 Å². The molecule has 2 aliphatic heterocycles. The maximum absolute atomic E-state index is 13.0. The maximum atomic E-state index is 13.0. The lowest BCUT2D eigenvalue weighted by Gasteiger charge is -2.34. The number of amides is 1. The van der Waals surface area contributed by atoms with Crippen molar-refractivity contribution in [2.75, 3.05) is 26.7 Å². The zero-order valence-electron chi connectivity index (χ0n) is 17.6. The monoisotopic (exact) mass is 460 g/mol. The number of halogens is 2. The van der Waals surface area contributed by atoms with E-state index >= 15 is 0 Å². The molecule has 0 bridgehead atoms. The molecule has 31 heavy (non-hydrogen) atoms. The van der Waals surface area contributed by atoms with Crippen LogP contribution in [0, 0.1) is 5.92 Å². The molecule has 0 aliphatic carbocycles.